The quantitative estimate of drug-likeness (QED) is 0.408. The summed E-state index contributed by atoms with van der Waals surface area (Å²) >= 11 is 0. The first-order valence-electron chi connectivity index (χ1n) is 5.67. The van der Waals surface area contributed by atoms with E-state index in [0.717, 1.165) is 13.0 Å². The van der Waals surface area contributed by atoms with E-state index in [9.17, 15) is 0 Å². The molecule has 1 unspecified atom stereocenters. The maximum absolute atomic E-state index is 5.99. The molecule has 1 fully saturated rings. The maximum Gasteiger partial charge on any atom is 0.192 e. The molecule has 1 aliphatic carbocycles. The van der Waals surface area contributed by atoms with E-state index in [2.05, 4.69) is 40.4 Å². The Kier molecular flexibility index (Phi) is 3.79. The summed E-state index contributed by atoms with van der Waals surface area (Å²) in [6, 6.07) is 0. The summed E-state index contributed by atoms with van der Waals surface area (Å²) in [5.41, 5.74) is 1.22. The van der Waals surface area contributed by atoms with E-state index >= 15 is 0 Å². The van der Waals surface area contributed by atoms with Gasteiger partial charge in [0.05, 0.1) is 19.3 Å². The molecule has 0 bridgehead atoms. The molecule has 0 aliphatic heterocycles. The fourth-order valence-corrected chi connectivity index (χ4v) is 2.09. The van der Waals surface area contributed by atoms with Crippen LogP contribution in [0.15, 0.2) is 12.2 Å². The second-order valence-corrected chi connectivity index (χ2v) is 10.6. The number of ether oxygens (including phenoxy) is 1. The highest BCUT2D eigenvalue weighted by atomic mass is 28.4. The van der Waals surface area contributed by atoms with Crippen LogP contribution in [0.4, 0.5) is 0 Å². The van der Waals surface area contributed by atoms with Crippen molar-refractivity contribution >= 4 is 8.32 Å². The van der Waals surface area contributed by atoms with Gasteiger partial charge in [-0.3, -0.25) is 0 Å². The molecule has 0 heterocycles. The van der Waals surface area contributed by atoms with Gasteiger partial charge in [0.15, 0.2) is 8.32 Å². The van der Waals surface area contributed by atoms with E-state index in [1.54, 1.807) is 0 Å². The molecule has 3 heteroatoms. The molecule has 2 nitrogen and oxygen atoms in total. The van der Waals surface area contributed by atoms with Crippen LogP contribution >= 0.6 is 0 Å². The molecule has 0 radical (unpaired) electrons. The minimum atomic E-state index is -1.58. The largest absolute Gasteiger partial charge is 0.414 e. The summed E-state index contributed by atoms with van der Waals surface area (Å²) in [7, 11) is -1.58. The summed E-state index contributed by atoms with van der Waals surface area (Å²) < 4.78 is 11.6. The Morgan fingerprint density at radius 2 is 1.87 bits per heavy atom. The highest BCUT2D eigenvalue weighted by Gasteiger charge is 2.37. The molecule has 0 aromatic carbocycles. The molecular weight excluding hydrogens is 204 g/mol. The van der Waals surface area contributed by atoms with Gasteiger partial charge in [-0.1, -0.05) is 27.4 Å². The lowest BCUT2D eigenvalue weighted by atomic mass is 10.2. The molecule has 1 aliphatic rings. The van der Waals surface area contributed by atoms with Crippen LogP contribution in [-0.2, 0) is 9.16 Å². The second kappa shape index (κ2) is 4.40. The lowest BCUT2D eigenvalue weighted by Gasteiger charge is -2.36. The predicted molar refractivity (Wildman–Crippen MR) is 66.6 cm³/mol. The second-order valence-electron chi connectivity index (χ2n) is 5.83. The van der Waals surface area contributed by atoms with Gasteiger partial charge in [-0.2, -0.15) is 0 Å². The number of hydrogen-bond acceptors (Lipinski definition) is 2. The van der Waals surface area contributed by atoms with Gasteiger partial charge in [0.25, 0.3) is 0 Å². The average Bonchev–Trinajstić information content (AvgIpc) is 2.74. The van der Waals surface area contributed by atoms with Crippen molar-refractivity contribution in [2.45, 2.75) is 51.4 Å². The Morgan fingerprint density at radius 1 is 1.33 bits per heavy atom. The van der Waals surface area contributed by atoms with Crippen LogP contribution in [0.5, 0.6) is 0 Å². The monoisotopic (exact) mass is 228 g/mol. The van der Waals surface area contributed by atoms with E-state index < -0.39 is 8.32 Å². The van der Waals surface area contributed by atoms with Crippen molar-refractivity contribution < 1.29 is 9.16 Å². The van der Waals surface area contributed by atoms with Crippen LogP contribution in [0.3, 0.4) is 0 Å². The Bertz CT molecular complexity index is 240. The lowest BCUT2D eigenvalue weighted by molar-refractivity contribution is 0.0898. The first kappa shape index (κ1) is 12.9. The smallest absolute Gasteiger partial charge is 0.192 e. The fraction of sp³-hybridized carbons (Fsp3) is 0.833. The van der Waals surface area contributed by atoms with Gasteiger partial charge in [-0.15, -0.1) is 0 Å². The Morgan fingerprint density at radius 3 is 2.27 bits per heavy atom. The Labute approximate surface area is 94.8 Å². The molecule has 1 atom stereocenters. The standard InChI is InChI=1S/C12H24O2Si/c1-10-9-11(10)13-7-8-14-15(5,6)12(2,3)4/h11H,1,7-9H2,2-6H3. The predicted octanol–water partition coefficient (Wildman–Crippen LogP) is 3.35. The lowest BCUT2D eigenvalue weighted by Crippen LogP contribution is -2.41. The van der Waals surface area contributed by atoms with Gasteiger partial charge in [-0.25, -0.2) is 0 Å². The Hall–Kier alpha value is -0.123. The van der Waals surface area contributed by atoms with Crippen molar-refractivity contribution in [2.75, 3.05) is 13.2 Å². The first-order valence-corrected chi connectivity index (χ1v) is 8.58. The van der Waals surface area contributed by atoms with Crippen LogP contribution in [0.1, 0.15) is 27.2 Å². The van der Waals surface area contributed by atoms with Gasteiger partial charge < -0.3 is 9.16 Å². The van der Waals surface area contributed by atoms with Crippen molar-refractivity contribution in [2.24, 2.45) is 0 Å². The van der Waals surface area contributed by atoms with E-state index in [0.29, 0.717) is 12.7 Å². The summed E-state index contributed by atoms with van der Waals surface area (Å²) in [6.45, 7) is 16.6. The molecule has 0 aromatic rings. The third-order valence-electron chi connectivity index (χ3n) is 3.41. The minimum Gasteiger partial charge on any atom is -0.414 e. The normalized spacial score (nSPS) is 21.9. The molecule has 0 aromatic heterocycles. The SMILES string of the molecule is C=C1CC1OCCO[Si](C)(C)C(C)(C)C. The zero-order valence-corrected chi connectivity index (χ0v) is 11.7. The van der Waals surface area contributed by atoms with Crippen LogP contribution < -0.4 is 0 Å². The third-order valence-corrected chi connectivity index (χ3v) is 7.95. The zero-order valence-electron chi connectivity index (χ0n) is 10.7. The van der Waals surface area contributed by atoms with Crippen molar-refractivity contribution in [1.29, 1.82) is 0 Å². The molecule has 0 amide bonds. The van der Waals surface area contributed by atoms with Crippen molar-refractivity contribution in [3.63, 3.8) is 0 Å². The van der Waals surface area contributed by atoms with Crippen molar-refractivity contribution in [3.8, 4) is 0 Å². The summed E-state index contributed by atoms with van der Waals surface area (Å²) in [5.74, 6) is 0. The summed E-state index contributed by atoms with van der Waals surface area (Å²) in [4.78, 5) is 0. The highest BCUT2D eigenvalue weighted by molar-refractivity contribution is 6.74. The zero-order chi connectivity index (χ0) is 11.7. The molecule has 0 N–H and O–H groups in total. The van der Waals surface area contributed by atoms with Gasteiger partial charge >= 0.3 is 0 Å². The first-order chi connectivity index (χ1) is 6.74. The van der Waals surface area contributed by atoms with E-state index in [4.69, 9.17) is 9.16 Å². The molecule has 0 spiro atoms. The van der Waals surface area contributed by atoms with Crippen LogP contribution in [0, 0.1) is 0 Å². The van der Waals surface area contributed by atoms with Crippen LogP contribution in [-0.4, -0.2) is 27.6 Å². The number of hydrogen-bond donors (Lipinski definition) is 0. The van der Waals surface area contributed by atoms with E-state index in [1.807, 2.05) is 0 Å². The third kappa shape index (κ3) is 3.74. The summed E-state index contributed by atoms with van der Waals surface area (Å²) in [5, 5.41) is 0.288. The van der Waals surface area contributed by atoms with E-state index in [-0.39, 0.29) is 5.04 Å². The van der Waals surface area contributed by atoms with Crippen molar-refractivity contribution in [3.05, 3.63) is 12.2 Å². The highest BCUT2D eigenvalue weighted by Crippen LogP contribution is 2.36. The van der Waals surface area contributed by atoms with E-state index in [1.165, 1.54) is 5.57 Å². The molecule has 0 saturated heterocycles. The van der Waals surface area contributed by atoms with Crippen molar-refractivity contribution in [1.82, 2.24) is 0 Å². The van der Waals surface area contributed by atoms with Gasteiger partial charge in [-0.05, 0) is 23.7 Å². The van der Waals surface area contributed by atoms with Crippen LogP contribution in [0.2, 0.25) is 18.1 Å². The Balaban J connectivity index is 2.16. The van der Waals surface area contributed by atoms with Gasteiger partial charge in [0.1, 0.15) is 0 Å². The number of rotatable bonds is 5. The summed E-state index contributed by atoms with van der Waals surface area (Å²) in [6.07, 6.45) is 1.37. The fourth-order valence-electron chi connectivity index (χ4n) is 1.06. The molecular formula is C12H24O2Si. The van der Waals surface area contributed by atoms with Crippen LogP contribution in [0.25, 0.3) is 0 Å². The van der Waals surface area contributed by atoms with Gasteiger partial charge in [0.2, 0.25) is 0 Å². The molecule has 1 rings (SSSR count). The minimum absolute atomic E-state index is 0.288. The molecule has 15 heavy (non-hydrogen) atoms. The molecule has 1 saturated carbocycles. The molecule has 88 valence electrons. The average molecular weight is 228 g/mol. The topological polar surface area (TPSA) is 18.5 Å². The maximum atomic E-state index is 5.99. The van der Waals surface area contributed by atoms with Gasteiger partial charge in [0, 0.05) is 6.42 Å².